The van der Waals surface area contributed by atoms with Crippen molar-refractivity contribution in [2.75, 3.05) is 26.7 Å². The van der Waals surface area contributed by atoms with E-state index in [0.717, 1.165) is 24.0 Å². The van der Waals surface area contributed by atoms with Gasteiger partial charge in [0.2, 0.25) is 5.91 Å². The van der Waals surface area contributed by atoms with Gasteiger partial charge in [-0.2, -0.15) is 0 Å². The first-order chi connectivity index (χ1) is 20.2. The van der Waals surface area contributed by atoms with E-state index in [4.69, 9.17) is 37.7 Å². The van der Waals surface area contributed by atoms with E-state index in [1.165, 1.54) is 0 Å². The molecule has 0 aliphatic carbocycles. The Hall–Kier alpha value is -3.75. The number of urea groups is 1. The van der Waals surface area contributed by atoms with Crippen LogP contribution in [0.3, 0.4) is 0 Å². The van der Waals surface area contributed by atoms with Crippen molar-refractivity contribution in [3.05, 3.63) is 93.5 Å². The lowest BCUT2D eigenvalue weighted by Crippen LogP contribution is -2.47. The average Bonchev–Trinajstić information content (AvgIpc) is 3.65. The Morgan fingerprint density at radius 2 is 1.57 bits per heavy atom. The summed E-state index contributed by atoms with van der Waals surface area (Å²) in [7, 11) is 1.59. The van der Waals surface area contributed by atoms with Gasteiger partial charge in [0, 0.05) is 29.2 Å². The molecule has 5 rings (SSSR count). The number of hydrogen-bond donors (Lipinski definition) is 1. The first-order valence-corrected chi connectivity index (χ1v) is 14.8. The molecule has 0 bridgehead atoms. The van der Waals surface area contributed by atoms with Crippen molar-refractivity contribution in [3.8, 4) is 11.5 Å². The first-order valence-electron chi connectivity index (χ1n) is 14.0. The molecular formula is C32H34Cl2N4O4. The Morgan fingerprint density at radius 3 is 2.17 bits per heavy atom. The summed E-state index contributed by atoms with van der Waals surface area (Å²) in [6.07, 6.45) is 1.80. The summed E-state index contributed by atoms with van der Waals surface area (Å²) in [6, 6.07) is 18.8. The van der Waals surface area contributed by atoms with Crippen LogP contribution in [0.5, 0.6) is 11.5 Å². The van der Waals surface area contributed by atoms with E-state index in [0.29, 0.717) is 46.0 Å². The molecule has 2 heterocycles. The van der Waals surface area contributed by atoms with E-state index in [2.05, 4.69) is 5.32 Å². The normalized spacial score (nSPS) is 18.3. The van der Waals surface area contributed by atoms with Gasteiger partial charge in [-0.1, -0.05) is 47.5 Å². The smallest absolute Gasteiger partial charge is 0.324 e. The van der Waals surface area contributed by atoms with Crippen LogP contribution in [0.4, 0.5) is 4.79 Å². The molecule has 3 aromatic rings. The third-order valence-electron chi connectivity index (χ3n) is 7.35. The number of amidine groups is 1. The summed E-state index contributed by atoms with van der Waals surface area (Å²) in [5, 5.41) is 4.06. The van der Waals surface area contributed by atoms with Gasteiger partial charge in [-0.3, -0.25) is 14.7 Å². The molecule has 0 spiro atoms. The van der Waals surface area contributed by atoms with Crippen LogP contribution in [0.15, 0.2) is 71.7 Å². The zero-order valence-electron chi connectivity index (χ0n) is 23.8. The minimum Gasteiger partial charge on any atom is -0.497 e. The second-order valence-electron chi connectivity index (χ2n) is 10.6. The molecule has 1 saturated heterocycles. The van der Waals surface area contributed by atoms with E-state index in [9.17, 15) is 9.59 Å². The van der Waals surface area contributed by atoms with Crippen molar-refractivity contribution in [1.82, 2.24) is 15.1 Å². The monoisotopic (exact) mass is 608 g/mol. The predicted molar refractivity (Wildman–Crippen MR) is 165 cm³/mol. The zero-order valence-corrected chi connectivity index (χ0v) is 25.4. The highest BCUT2D eigenvalue weighted by molar-refractivity contribution is 6.30. The number of benzene rings is 3. The Balaban J connectivity index is 1.61. The lowest BCUT2D eigenvalue weighted by Gasteiger charge is -2.30. The molecule has 2 aliphatic rings. The Bertz CT molecular complexity index is 1450. The third-order valence-corrected chi connectivity index (χ3v) is 7.85. The number of rotatable bonds is 8. The molecule has 10 heteroatoms. The molecule has 220 valence electrons. The van der Waals surface area contributed by atoms with Crippen molar-refractivity contribution < 1.29 is 19.1 Å². The Kier molecular flexibility index (Phi) is 9.24. The lowest BCUT2D eigenvalue weighted by molar-refractivity contribution is -0.129. The van der Waals surface area contributed by atoms with Crippen molar-refractivity contribution in [3.63, 3.8) is 0 Å². The van der Waals surface area contributed by atoms with Gasteiger partial charge in [-0.25, -0.2) is 4.79 Å². The number of carbonyl (C=O) groups excluding carboxylic acids is 2. The van der Waals surface area contributed by atoms with Gasteiger partial charge in [0.05, 0.1) is 31.4 Å². The molecule has 1 N–H and O–H groups in total. The Morgan fingerprint density at radius 1 is 0.952 bits per heavy atom. The van der Waals surface area contributed by atoms with Gasteiger partial charge in [0.25, 0.3) is 0 Å². The number of hydrogen-bond acceptors (Lipinski definition) is 5. The number of carbonyl (C=O) groups is 2. The van der Waals surface area contributed by atoms with Crippen LogP contribution < -0.4 is 14.8 Å². The second kappa shape index (κ2) is 13.0. The molecule has 0 saturated carbocycles. The summed E-state index contributed by atoms with van der Waals surface area (Å²) < 4.78 is 11.7. The summed E-state index contributed by atoms with van der Waals surface area (Å²) in [5.41, 5.74) is 2.33. The fourth-order valence-corrected chi connectivity index (χ4v) is 5.60. The van der Waals surface area contributed by atoms with Crippen LogP contribution in [-0.2, 0) is 4.79 Å². The highest BCUT2D eigenvalue weighted by atomic mass is 35.5. The van der Waals surface area contributed by atoms with E-state index in [1.807, 2.05) is 62.4 Å². The maximum Gasteiger partial charge on any atom is 0.324 e. The molecule has 2 atom stereocenters. The van der Waals surface area contributed by atoms with Crippen molar-refractivity contribution in [2.24, 2.45) is 4.99 Å². The highest BCUT2D eigenvalue weighted by Gasteiger charge is 2.43. The first kappa shape index (κ1) is 29.7. The topological polar surface area (TPSA) is 83.5 Å². The molecule has 3 aromatic carbocycles. The van der Waals surface area contributed by atoms with Crippen LogP contribution in [0.1, 0.15) is 55.5 Å². The number of nitrogens with one attached hydrogen (secondary N) is 1. The number of nitrogens with zero attached hydrogens (tertiary/aromatic N) is 3. The van der Waals surface area contributed by atoms with Crippen molar-refractivity contribution in [1.29, 1.82) is 0 Å². The molecule has 2 aliphatic heterocycles. The fourth-order valence-electron chi connectivity index (χ4n) is 5.35. The van der Waals surface area contributed by atoms with Gasteiger partial charge in [0.1, 0.15) is 23.4 Å². The second-order valence-corrected chi connectivity index (χ2v) is 11.5. The fraction of sp³-hybridized carbons (Fsp3) is 0.344. The summed E-state index contributed by atoms with van der Waals surface area (Å²) in [5.74, 6) is 1.45. The van der Waals surface area contributed by atoms with E-state index in [1.54, 1.807) is 35.1 Å². The van der Waals surface area contributed by atoms with E-state index in [-0.39, 0.29) is 18.6 Å². The predicted octanol–water partition coefficient (Wildman–Crippen LogP) is 6.67. The molecular weight excluding hydrogens is 575 g/mol. The van der Waals surface area contributed by atoms with Crippen LogP contribution in [0, 0.1) is 0 Å². The molecule has 8 nitrogen and oxygen atoms in total. The number of aliphatic imine (C=N–C) groups is 1. The standard InChI is InChI=1S/C32H34Cl2N4O4/c1-20(2)42-27-18-25(41-3)14-15-26(27)31-36-29(21-6-10-23(33)11-7-21)30(22-8-12-24(34)13-9-22)38(31)32(40)35-19-28(39)37-16-4-5-17-37/h6-15,18,20,29-30H,4-5,16-17,19H2,1-3H3,(H,35,40)/t29-,30+/m1/s1. The number of amides is 3. The van der Waals surface area contributed by atoms with E-state index >= 15 is 0 Å². The molecule has 0 radical (unpaired) electrons. The number of methoxy groups -OCH3 is 1. The third kappa shape index (κ3) is 6.50. The maximum absolute atomic E-state index is 14.1. The van der Waals surface area contributed by atoms with Gasteiger partial charge in [-0.15, -0.1) is 0 Å². The maximum atomic E-state index is 14.1. The SMILES string of the molecule is COc1ccc(C2=N[C@H](c3ccc(Cl)cc3)[C@H](c3ccc(Cl)cc3)N2C(=O)NCC(=O)N2CCCC2)c(OC(C)C)c1. The Labute approximate surface area is 256 Å². The van der Waals surface area contributed by atoms with Crippen LogP contribution in [-0.4, -0.2) is 60.4 Å². The number of halogens is 2. The van der Waals surface area contributed by atoms with Crippen LogP contribution in [0.2, 0.25) is 10.0 Å². The number of ether oxygens (including phenoxy) is 2. The van der Waals surface area contributed by atoms with Gasteiger partial charge < -0.3 is 19.7 Å². The van der Waals surface area contributed by atoms with Crippen LogP contribution >= 0.6 is 23.2 Å². The van der Waals surface area contributed by atoms with Gasteiger partial charge in [-0.05, 0) is 74.2 Å². The van der Waals surface area contributed by atoms with Crippen LogP contribution in [0.25, 0.3) is 0 Å². The average molecular weight is 610 g/mol. The van der Waals surface area contributed by atoms with Gasteiger partial charge in [0.15, 0.2) is 0 Å². The van der Waals surface area contributed by atoms with Crippen molar-refractivity contribution in [2.45, 2.75) is 44.9 Å². The largest absolute Gasteiger partial charge is 0.497 e. The van der Waals surface area contributed by atoms with E-state index < -0.39 is 18.1 Å². The zero-order chi connectivity index (χ0) is 29.8. The molecule has 0 aromatic heterocycles. The number of likely N-dealkylation sites (tertiary alicyclic amines) is 1. The molecule has 0 unspecified atom stereocenters. The quantitative estimate of drug-likeness (QED) is 0.310. The highest BCUT2D eigenvalue weighted by Crippen LogP contribution is 2.45. The minimum absolute atomic E-state index is 0.107. The summed E-state index contributed by atoms with van der Waals surface area (Å²) >= 11 is 12.5. The molecule has 42 heavy (non-hydrogen) atoms. The summed E-state index contributed by atoms with van der Waals surface area (Å²) in [4.78, 5) is 35.6. The minimum atomic E-state index is -0.547. The summed E-state index contributed by atoms with van der Waals surface area (Å²) in [6.45, 7) is 5.17. The molecule has 3 amide bonds. The lowest BCUT2D eigenvalue weighted by atomic mass is 9.94. The van der Waals surface area contributed by atoms with Gasteiger partial charge >= 0.3 is 6.03 Å². The molecule has 1 fully saturated rings. The van der Waals surface area contributed by atoms with Crippen molar-refractivity contribution >= 4 is 41.0 Å².